The number of sulfonamides is 1. The lowest BCUT2D eigenvalue weighted by Gasteiger charge is -2.18. The summed E-state index contributed by atoms with van der Waals surface area (Å²) < 4.78 is 36.4. The molecule has 1 aliphatic rings. The normalized spacial score (nSPS) is 13.7. The van der Waals surface area contributed by atoms with E-state index in [0.29, 0.717) is 30.4 Å². The maximum atomic E-state index is 12.2. The highest BCUT2D eigenvalue weighted by Crippen LogP contribution is 2.31. The molecule has 1 N–H and O–H groups in total. The van der Waals surface area contributed by atoms with Gasteiger partial charge in [0.15, 0.2) is 11.5 Å². The standard InChI is InChI=1S/C19H20N2O5S/c1-21(2)27(23,24)16-5-3-4-15(13-16)20-19(22)9-7-14-6-8-17-18(12-14)26-11-10-25-17/h3-9,12-13H,10-11H2,1-2H3,(H,20,22)/b9-7+. The van der Waals surface area contributed by atoms with Crippen molar-refractivity contribution in [1.29, 1.82) is 0 Å². The van der Waals surface area contributed by atoms with E-state index in [2.05, 4.69) is 5.32 Å². The van der Waals surface area contributed by atoms with Gasteiger partial charge in [-0.1, -0.05) is 12.1 Å². The summed E-state index contributed by atoms with van der Waals surface area (Å²) in [4.78, 5) is 12.3. The fourth-order valence-electron chi connectivity index (χ4n) is 2.46. The van der Waals surface area contributed by atoms with Crippen molar-refractivity contribution in [3.63, 3.8) is 0 Å². The van der Waals surface area contributed by atoms with Gasteiger partial charge in [0, 0.05) is 25.9 Å². The van der Waals surface area contributed by atoms with Crippen LogP contribution in [0.1, 0.15) is 5.56 Å². The third-order valence-corrected chi connectivity index (χ3v) is 5.68. The summed E-state index contributed by atoms with van der Waals surface area (Å²) in [5.74, 6) is 0.955. The topological polar surface area (TPSA) is 84.9 Å². The van der Waals surface area contributed by atoms with Crippen LogP contribution < -0.4 is 14.8 Å². The van der Waals surface area contributed by atoms with Crippen LogP contribution in [0.3, 0.4) is 0 Å². The van der Waals surface area contributed by atoms with Crippen LogP contribution in [-0.4, -0.2) is 45.9 Å². The van der Waals surface area contributed by atoms with Crippen molar-refractivity contribution in [2.45, 2.75) is 4.90 Å². The van der Waals surface area contributed by atoms with Crippen LogP contribution >= 0.6 is 0 Å². The molecule has 1 amide bonds. The van der Waals surface area contributed by atoms with Crippen LogP contribution in [-0.2, 0) is 14.8 Å². The number of fused-ring (bicyclic) bond motifs is 1. The Morgan fingerprint density at radius 3 is 2.56 bits per heavy atom. The predicted octanol–water partition coefficient (Wildman–Crippen LogP) is 2.36. The molecule has 0 aromatic heterocycles. The zero-order chi connectivity index (χ0) is 19.4. The fourth-order valence-corrected chi connectivity index (χ4v) is 3.41. The van der Waals surface area contributed by atoms with Gasteiger partial charge in [0.25, 0.3) is 0 Å². The zero-order valence-electron chi connectivity index (χ0n) is 15.0. The van der Waals surface area contributed by atoms with Crippen molar-refractivity contribution in [2.24, 2.45) is 0 Å². The van der Waals surface area contributed by atoms with Crippen molar-refractivity contribution in [3.8, 4) is 11.5 Å². The van der Waals surface area contributed by atoms with Gasteiger partial charge < -0.3 is 14.8 Å². The number of hydrogen-bond acceptors (Lipinski definition) is 5. The molecule has 1 heterocycles. The van der Waals surface area contributed by atoms with Crippen molar-refractivity contribution < 1.29 is 22.7 Å². The number of hydrogen-bond donors (Lipinski definition) is 1. The van der Waals surface area contributed by atoms with E-state index in [9.17, 15) is 13.2 Å². The first-order valence-corrected chi connectivity index (χ1v) is 9.71. The number of nitrogens with zero attached hydrogens (tertiary/aromatic N) is 1. The Balaban J connectivity index is 1.70. The van der Waals surface area contributed by atoms with Gasteiger partial charge in [0.1, 0.15) is 13.2 Å². The van der Waals surface area contributed by atoms with Gasteiger partial charge in [-0.25, -0.2) is 12.7 Å². The summed E-state index contributed by atoms with van der Waals surface area (Å²) in [5.41, 5.74) is 1.19. The molecule has 0 saturated carbocycles. The highest BCUT2D eigenvalue weighted by molar-refractivity contribution is 7.89. The molecule has 27 heavy (non-hydrogen) atoms. The lowest BCUT2D eigenvalue weighted by molar-refractivity contribution is -0.111. The van der Waals surface area contributed by atoms with Crippen molar-refractivity contribution in [1.82, 2.24) is 4.31 Å². The number of rotatable bonds is 5. The minimum absolute atomic E-state index is 0.112. The molecule has 3 rings (SSSR count). The van der Waals surface area contributed by atoms with Crippen molar-refractivity contribution >= 4 is 27.7 Å². The molecule has 0 unspecified atom stereocenters. The van der Waals surface area contributed by atoms with Gasteiger partial charge in [-0.15, -0.1) is 0 Å². The molecule has 0 atom stereocenters. The van der Waals surface area contributed by atoms with Crippen LogP contribution in [0, 0.1) is 0 Å². The summed E-state index contributed by atoms with van der Waals surface area (Å²) in [6.07, 6.45) is 3.02. The molecule has 2 aromatic rings. The van der Waals surface area contributed by atoms with Crippen LogP contribution in [0.25, 0.3) is 6.08 Å². The maximum absolute atomic E-state index is 12.2. The lowest BCUT2D eigenvalue weighted by atomic mass is 10.2. The average Bonchev–Trinajstić information content (AvgIpc) is 2.66. The number of ether oxygens (including phenoxy) is 2. The van der Waals surface area contributed by atoms with Crippen molar-refractivity contribution in [2.75, 3.05) is 32.6 Å². The molecular weight excluding hydrogens is 368 g/mol. The van der Waals surface area contributed by atoms with E-state index in [1.54, 1.807) is 30.3 Å². The van der Waals surface area contributed by atoms with E-state index in [0.717, 1.165) is 9.87 Å². The second-order valence-corrected chi connectivity index (χ2v) is 8.19. The highest BCUT2D eigenvalue weighted by atomic mass is 32.2. The number of carbonyl (C=O) groups excluding carboxylic acids is 1. The molecule has 0 fully saturated rings. The average molecular weight is 388 g/mol. The van der Waals surface area contributed by atoms with E-state index >= 15 is 0 Å². The quantitative estimate of drug-likeness (QED) is 0.795. The maximum Gasteiger partial charge on any atom is 0.248 e. The van der Waals surface area contributed by atoms with Crippen molar-refractivity contribution in [3.05, 3.63) is 54.1 Å². The van der Waals surface area contributed by atoms with Gasteiger partial charge in [-0.05, 0) is 42.0 Å². The van der Waals surface area contributed by atoms with Gasteiger partial charge in [-0.2, -0.15) is 0 Å². The molecular formula is C19H20N2O5S. The minimum Gasteiger partial charge on any atom is -0.486 e. The minimum atomic E-state index is -3.56. The zero-order valence-corrected chi connectivity index (χ0v) is 15.8. The molecule has 0 bridgehead atoms. The van der Waals surface area contributed by atoms with Gasteiger partial charge in [0.05, 0.1) is 4.90 Å². The summed E-state index contributed by atoms with van der Waals surface area (Å²) >= 11 is 0. The Bertz CT molecular complexity index is 983. The number of nitrogens with one attached hydrogen (secondary N) is 1. The SMILES string of the molecule is CN(C)S(=O)(=O)c1cccc(NC(=O)/C=C/c2ccc3c(c2)OCCO3)c1. The van der Waals surface area contributed by atoms with Crippen LogP contribution in [0.2, 0.25) is 0 Å². The molecule has 8 heteroatoms. The van der Waals surface area contributed by atoms with Crippen LogP contribution in [0.5, 0.6) is 11.5 Å². The second kappa shape index (κ2) is 7.81. The fraction of sp³-hybridized carbons (Fsp3) is 0.211. The summed E-state index contributed by atoms with van der Waals surface area (Å²) in [7, 11) is -0.651. The molecule has 7 nitrogen and oxygen atoms in total. The van der Waals surface area contributed by atoms with E-state index in [-0.39, 0.29) is 10.8 Å². The van der Waals surface area contributed by atoms with E-state index in [4.69, 9.17) is 9.47 Å². The first-order valence-electron chi connectivity index (χ1n) is 8.27. The Hall–Kier alpha value is -2.84. The van der Waals surface area contributed by atoms with Crippen LogP contribution in [0.15, 0.2) is 53.4 Å². The molecule has 0 radical (unpaired) electrons. The first-order chi connectivity index (χ1) is 12.9. The predicted molar refractivity (Wildman–Crippen MR) is 102 cm³/mol. The number of anilines is 1. The van der Waals surface area contributed by atoms with Gasteiger partial charge >= 0.3 is 0 Å². The molecule has 0 spiro atoms. The summed E-state index contributed by atoms with van der Waals surface area (Å²) in [6.45, 7) is 1.01. The third-order valence-electron chi connectivity index (χ3n) is 3.87. The largest absolute Gasteiger partial charge is 0.486 e. The Labute approximate surface area is 158 Å². The molecule has 0 aliphatic carbocycles. The molecule has 0 saturated heterocycles. The molecule has 2 aromatic carbocycles. The number of carbonyl (C=O) groups is 1. The Kier molecular flexibility index (Phi) is 5.48. The van der Waals surface area contributed by atoms with Gasteiger partial charge in [-0.3, -0.25) is 4.79 Å². The molecule has 142 valence electrons. The number of benzene rings is 2. The first kappa shape index (κ1) is 18.9. The second-order valence-electron chi connectivity index (χ2n) is 6.04. The highest BCUT2D eigenvalue weighted by Gasteiger charge is 2.17. The van der Waals surface area contributed by atoms with Gasteiger partial charge in [0.2, 0.25) is 15.9 Å². The monoisotopic (exact) mass is 388 g/mol. The van der Waals surface area contributed by atoms with Crippen LogP contribution in [0.4, 0.5) is 5.69 Å². The number of amides is 1. The van der Waals surface area contributed by atoms with E-state index in [1.165, 1.54) is 32.3 Å². The summed E-state index contributed by atoms with van der Waals surface area (Å²) in [5, 5.41) is 2.66. The molecule has 1 aliphatic heterocycles. The van der Waals surface area contributed by atoms with E-state index in [1.807, 2.05) is 6.07 Å². The smallest absolute Gasteiger partial charge is 0.248 e. The van der Waals surface area contributed by atoms with E-state index < -0.39 is 10.0 Å². The lowest BCUT2D eigenvalue weighted by Crippen LogP contribution is -2.22. The third kappa shape index (κ3) is 4.47. The Morgan fingerprint density at radius 1 is 1.07 bits per heavy atom. The Morgan fingerprint density at radius 2 is 1.81 bits per heavy atom. The summed E-state index contributed by atoms with van der Waals surface area (Å²) in [6, 6.07) is 11.5.